The third-order valence-corrected chi connectivity index (χ3v) is 12.0. The zero-order chi connectivity index (χ0) is 45.9. The number of hydrogen-bond acceptors (Lipinski definition) is 12. The predicted octanol–water partition coefficient (Wildman–Crippen LogP) is 6.73. The molecule has 4 aromatic rings. The monoisotopic (exact) mass is 885 g/mol. The van der Waals surface area contributed by atoms with Gasteiger partial charge in [0.2, 0.25) is 11.8 Å². The third kappa shape index (κ3) is 11.0. The maximum Gasteiger partial charge on any atom is 0.407 e. The number of likely N-dealkylation sites (tertiary alicyclic amines) is 2. The zero-order valence-corrected chi connectivity index (χ0v) is 38.2. The molecule has 2 fully saturated rings. The molecule has 0 aliphatic carbocycles. The number of ether oxygens (including phenoxy) is 6. The Hall–Kier alpha value is -5.94. The number of rotatable bonds is 20. The van der Waals surface area contributed by atoms with Crippen molar-refractivity contribution in [2.75, 3.05) is 68.0 Å². The number of methoxy groups -OCH3 is 4. The Morgan fingerprint density at radius 2 is 1.20 bits per heavy atom. The number of aromatic amines is 2. The van der Waals surface area contributed by atoms with Crippen LogP contribution in [0.1, 0.15) is 83.5 Å². The summed E-state index contributed by atoms with van der Waals surface area (Å²) >= 11 is 0. The number of carbonyl (C=O) groups excluding carboxylic acids is 4. The Bertz CT molecular complexity index is 2170. The van der Waals surface area contributed by atoms with E-state index in [-0.39, 0.29) is 55.4 Å². The van der Waals surface area contributed by atoms with Crippen molar-refractivity contribution in [3.8, 4) is 45.1 Å². The number of aromatic nitrogens is 4. The predicted molar refractivity (Wildman–Crippen MR) is 238 cm³/mol. The van der Waals surface area contributed by atoms with Crippen molar-refractivity contribution in [3.63, 3.8) is 0 Å². The first-order chi connectivity index (χ1) is 30.9. The van der Waals surface area contributed by atoms with Crippen LogP contribution in [0.4, 0.5) is 4.79 Å². The van der Waals surface area contributed by atoms with Gasteiger partial charge < -0.3 is 53.5 Å². The summed E-state index contributed by atoms with van der Waals surface area (Å²) in [5.41, 5.74) is 4.75. The van der Waals surface area contributed by atoms with Gasteiger partial charge in [-0.05, 0) is 60.8 Å². The van der Waals surface area contributed by atoms with Crippen LogP contribution in [-0.4, -0.2) is 128 Å². The Labute approximate surface area is 374 Å². The lowest BCUT2D eigenvalue weighted by molar-refractivity contribution is -0.148. The number of benzene rings is 2. The third-order valence-electron chi connectivity index (χ3n) is 12.0. The van der Waals surface area contributed by atoms with Gasteiger partial charge in [-0.3, -0.25) is 14.4 Å². The lowest BCUT2D eigenvalue weighted by atomic mass is 9.91. The van der Waals surface area contributed by atoms with E-state index < -0.39 is 24.0 Å². The molecule has 0 saturated carbocycles. The average Bonchev–Trinajstić information content (AvgIpc) is 4.14. The molecule has 2 aromatic carbocycles. The van der Waals surface area contributed by atoms with Gasteiger partial charge in [0.15, 0.2) is 0 Å². The highest BCUT2D eigenvalue weighted by Gasteiger charge is 2.39. The fourth-order valence-electron chi connectivity index (χ4n) is 8.44. The number of esters is 1. The summed E-state index contributed by atoms with van der Waals surface area (Å²) < 4.78 is 33.2. The molecule has 0 unspecified atom stereocenters. The topological polar surface area (TPSA) is 200 Å². The molecule has 4 atom stereocenters. The van der Waals surface area contributed by atoms with Gasteiger partial charge in [-0.15, -0.1) is 0 Å². The van der Waals surface area contributed by atoms with E-state index in [1.807, 2.05) is 69.0 Å². The van der Waals surface area contributed by atoms with E-state index in [4.69, 9.17) is 38.4 Å². The molecule has 64 heavy (non-hydrogen) atoms. The highest BCUT2D eigenvalue weighted by molar-refractivity contribution is 5.87. The van der Waals surface area contributed by atoms with E-state index >= 15 is 0 Å². The van der Waals surface area contributed by atoms with E-state index in [1.54, 1.807) is 31.5 Å². The lowest BCUT2D eigenvalue weighted by Gasteiger charge is -2.30. The number of H-pyrrole nitrogens is 2. The van der Waals surface area contributed by atoms with Crippen LogP contribution in [0, 0.1) is 17.8 Å². The minimum Gasteiger partial charge on any atom is -0.490 e. The van der Waals surface area contributed by atoms with Crippen molar-refractivity contribution >= 4 is 23.9 Å². The van der Waals surface area contributed by atoms with Gasteiger partial charge in [0.1, 0.15) is 42.4 Å². The largest absolute Gasteiger partial charge is 0.490 e. The van der Waals surface area contributed by atoms with Crippen LogP contribution in [0.5, 0.6) is 11.5 Å². The minimum absolute atomic E-state index is 0.0258. The van der Waals surface area contributed by atoms with Crippen molar-refractivity contribution in [2.24, 2.45) is 17.8 Å². The summed E-state index contributed by atoms with van der Waals surface area (Å²) in [6.07, 6.45) is 6.02. The minimum atomic E-state index is -0.725. The molecule has 3 N–H and O–H groups in total. The molecule has 17 nitrogen and oxygen atoms in total. The van der Waals surface area contributed by atoms with Gasteiger partial charge >= 0.3 is 12.1 Å². The summed E-state index contributed by atoms with van der Waals surface area (Å²) in [5.74, 6) is 1.15. The molecule has 2 aromatic heterocycles. The molecule has 0 spiro atoms. The molecule has 2 aliphatic rings. The second kappa shape index (κ2) is 22.1. The molecule has 0 bridgehead atoms. The van der Waals surface area contributed by atoms with Crippen molar-refractivity contribution in [3.05, 3.63) is 60.4 Å². The molecule has 17 heteroatoms. The SMILES string of the molecule is COCCOc1cc(-c2cnc([C@@H]3CCCN3C(=O)[C@@H](CC(=O)OC)C(C)C)[nH]2)cc(OCCOC)c1-c1ccc(-c2cnc([C@@H]3CCCN3C(=O)[C@@H](NC(=O)OC)C(C)C)[nH]2)cc1. The fourth-order valence-corrected chi connectivity index (χ4v) is 8.44. The Kier molecular flexibility index (Phi) is 16.4. The van der Waals surface area contributed by atoms with Crippen molar-refractivity contribution in [2.45, 2.75) is 77.9 Å². The van der Waals surface area contributed by atoms with Gasteiger partial charge in [0.25, 0.3) is 0 Å². The van der Waals surface area contributed by atoms with E-state index in [0.29, 0.717) is 49.5 Å². The molecular weight excluding hydrogens is 823 g/mol. The fraction of sp³-hybridized carbons (Fsp3) is 0.532. The number of imidazole rings is 2. The maximum absolute atomic E-state index is 13.9. The van der Waals surface area contributed by atoms with Crippen molar-refractivity contribution in [1.82, 2.24) is 35.1 Å². The van der Waals surface area contributed by atoms with Gasteiger partial charge in [-0.25, -0.2) is 14.8 Å². The van der Waals surface area contributed by atoms with Crippen LogP contribution in [0.25, 0.3) is 33.6 Å². The van der Waals surface area contributed by atoms with Crippen LogP contribution in [0.3, 0.4) is 0 Å². The highest BCUT2D eigenvalue weighted by Crippen LogP contribution is 2.44. The summed E-state index contributed by atoms with van der Waals surface area (Å²) in [6.45, 7) is 10.1. The molecule has 4 heterocycles. The second-order valence-electron chi connectivity index (χ2n) is 16.8. The summed E-state index contributed by atoms with van der Waals surface area (Å²) in [4.78, 5) is 71.9. The number of nitrogens with one attached hydrogen (secondary N) is 3. The zero-order valence-electron chi connectivity index (χ0n) is 38.2. The molecule has 346 valence electrons. The second-order valence-corrected chi connectivity index (χ2v) is 16.8. The lowest BCUT2D eigenvalue weighted by Crippen LogP contribution is -2.51. The number of nitrogens with zero attached hydrogens (tertiary/aromatic N) is 4. The maximum atomic E-state index is 13.9. The van der Waals surface area contributed by atoms with Crippen LogP contribution in [0.15, 0.2) is 48.8 Å². The highest BCUT2D eigenvalue weighted by atomic mass is 16.5. The molecule has 6 rings (SSSR count). The van der Waals surface area contributed by atoms with Gasteiger partial charge in [-0.2, -0.15) is 0 Å². The van der Waals surface area contributed by atoms with Crippen LogP contribution >= 0.6 is 0 Å². The summed E-state index contributed by atoms with van der Waals surface area (Å²) in [5, 5.41) is 2.70. The Balaban J connectivity index is 1.28. The molecule has 2 aliphatic heterocycles. The average molecular weight is 886 g/mol. The van der Waals surface area contributed by atoms with Crippen LogP contribution < -0.4 is 14.8 Å². The first-order valence-electron chi connectivity index (χ1n) is 22.0. The normalized spacial score (nSPS) is 17.2. The van der Waals surface area contributed by atoms with Gasteiger partial charge in [0, 0.05) is 32.9 Å². The number of hydrogen-bond donors (Lipinski definition) is 3. The summed E-state index contributed by atoms with van der Waals surface area (Å²) in [6, 6.07) is 10.6. The number of carbonyl (C=O) groups is 4. The van der Waals surface area contributed by atoms with Crippen molar-refractivity contribution < 1.29 is 47.6 Å². The number of alkyl carbamates (subject to hydrolysis) is 1. The van der Waals surface area contributed by atoms with Crippen LogP contribution in [0.2, 0.25) is 0 Å². The smallest absolute Gasteiger partial charge is 0.407 e. The van der Waals surface area contributed by atoms with Crippen LogP contribution in [-0.2, 0) is 33.3 Å². The van der Waals surface area contributed by atoms with E-state index in [1.165, 1.54) is 14.2 Å². The first kappa shape index (κ1) is 47.5. The first-order valence-corrected chi connectivity index (χ1v) is 22.0. The Morgan fingerprint density at radius 1 is 0.688 bits per heavy atom. The van der Waals surface area contributed by atoms with E-state index in [0.717, 1.165) is 59.3 Å². The standard InChI is InChI=1S/C47H63N7O10/c1-28(2)33(25-40(55)61-7)45(56)53-17-9-11-36(53)43-49-27-35(51-43)32-23-38(63-21-19-59-5)41(39(24-32)64-22-20-60-6)31-15-13-30(14-16-31)34-26-48-44(50-34)37-12-10-18-54(37)46(57)42(29(3)4)52-47(58)62-8/h13-16,23-24,26-29,33,36-37,42H,9-12,17-22,25H2,1-8H3,(H,48,50)(H,49,51)(H,52,58)/t33-,36-,37-,42-/m0/s1. The number of amides is 3. The molecule has 3 amide bonds. The Morgan fingerprint density at radius 3 is 1.69 bits per heavy atom. The quantitative estimate of drug-likeness (QED) is 0.0626. The van der Waals surface area contributed by atoms with E-state index in [9.17, 15) is 19.2 Å². The summed E-state index contributed by atoms with van der Waals surface area (Å²) in [7, 11) is 5.86. The van der Waals surface area contributed by atoms with Gasteiger partial charge in [0.05, 0.1) is 81.2 Å². The van der Waals surface area contributed by atoms with E-state index in [2.05, 4.69) is 15.3 Å². The van der Waals surface area contributed by atoms with Gasteiger partial charge in [-0.1, -0.05) is 52.0 Å². The molecule has 0 radical (unpaired) electrons. The molecule has 2 saturated heterocycles. The molecular formula is C47H63N7O10. The van der Waals surface area contributed by atoms with Crippen molar-refractivity contribution in [1.29, 1.82) is 0 Å².